The van der Waals surface area contributed by atoms with Crippen molar-refractivity contribution in [1.29, 1.82) is 0 Å². The van der Waals surface area contributed by atoms with Gasteiger partial charge < -0.3 is 14.6 Å². The molecule has 0 bridgehead atoms. The van der Waals surface area contributed by atoms with Gasteiger partial charge in [0.05, 0.1) is 18.1 Å². The number of hydrogen-bond acceptors (Lipinski definition) is 6. The molecule has 0 amide bonds. The molecule has 0 N–H and O–H groups in total. The first-order valence-corrected chi connectivity index (χ1v) is 8.38. The number of aliphatic imine (C=N–C) groups is 1. The fraction of sp³-hybridized carbons (Fsp3) is 0.316. The zero-order valence-electron chi connectivity index (χ0n) is 14.6. The molecule has 0 unspecified atom stereocenters. The highest BCUT2D eigenvalue weighted by molar-refractivity contribution is 5.84. The Morgan fingerprint density at radius 1 is 1.38 bits per heavy atom. The molecule has 1 heterocycles. The summed E-state index contributed by atoms with van der Waals surface area (Å²) in [5, 5.41) is 22.7. The number of fused-ring (bicyclic) bond motifs is 1. The van der Waals surface area contributed by atoms with Crippen LogP contribution in [0.3, 0.4) is 0 Å². The predicted molar refractivity (Wildman–Crippen MR) is 95.2 cm³/mol. The van der Waals surface area contributed by atoms with E-state index in [0.717, 1.165) is 29.0 Å². The van der Waals surface area contributed by atoms with Crippen LogP contribution in [-0.2, 0) is 13.0 Å². The first kappa shape index (κ1) is 17.7. The zero-order valence-corrected chi connectivity index (χ0v) is 14.6. The lowest BCUT2D eigenvalue weighted by molar-refractivity contribution is -0.385. The fourth-order valence-electron chi connectivity index (χ4n) is 2.89. The second-order valence-electron chi connectivity index (χ2n) is 6.08. The highest BCUT2D eigenvalue weighted by atomic mass is 16.6. The monoisotopic (exact) mass is 355 g/mol. The second-order valence-corrected chi connectivity index (χ2v) is 6.08. The van der Waals surface area contributed by atoms with Crippen molar-refractivity contribution in [3.05, 3.63) is 57.1 Å². The SMILES string of the molecule is CCOc1cc2c(cc1CN=Cc1cc([N+](=O)[O-])ccc1[O-])O[C@H](C)C2. The molecule has 1 aliphatic heterocycles. The molecule has 3 rings (SSSR count). The molecule has 0 saturated heterocycles. The van der Waals surface area contributed by atoms with E-state index in [1.807, 2.05) is 26.0 Å². The van der Waals surface area contributed by atoms with Gasteiger partial charge in [-0.15, -0.1) is 0 Å². The van der Waals surface area contributed by atoms with Crippen molar-refractivity contribution in [2.75, 3.05) is 6.61 Å². The highest BCUT2D eigenvalue weighted by Gasteiger charge is 2.21. The Morgan fingerprint density at radius 3 is 2.92 bits per heavy atom. The Hall–Kier alpha value is -3.09. The molecule has 136 valence electrons. The van der Waals surface area contributed by atoms with Crippen molar-refractivity contribution in [2.24, 2.45) is 4.99 Å². The third-order valence-electron chi connectivity index (χ3n) is 4.08. The summed E-state index contributed by atoms with van der Waals surface area (Å²) in [7, 11) is 0. The van der Waals surface area contributed by atoms with Crippen LogP contribution in [-0.4, -0.2) is 23.8 Å². The number of ether oxygens (including phenoxy) is 2. The average Bonchev–Trinajstić information content (AvgIpc) is 2.95. The van der Waals surface area contributed by atoms with Gasteiger partial charge in [0.25, 0.3) is 5.69 Å². The Morgan fingerprint density at radius 2 is 2.19 bits per heavy atom. The van der Waals surface area contributed by atoms with Crippen molar-refractivity contribution in [1.82, 2.24) is 0 Å². The lowest BCUT2D eigenvalue weighted by Crippen LogP contribution is -2.05. The van der Waals surface area contributed by atoms with Gasteiger partial charge in [-0.2, -0.15) is 0 Å². The number of benzene rings is 2. The van der Waals surface area contributed by atoms with E-state index >= 15 is 0 Å². The van der Waals surface area contributed by atoms with Gasteiger partial charge in [-0.1, -0.05) is 11.8 Å². The molecule has 0 aromatic heterocycles. The van der Waals surface area contributed by atoms with E-state index in [1.54, 1.807) is 0 Å². The van der Waals surface area contributed by atoms with E-state index in [9.17, 15) is 15.2 Å². The van der Waals surface area contributed by atoms with E-state index < -0.39 is 4.92 Å². The van der Waals surface area contributed by atoms with Gasteiger partial charge in [0.1, 0.15) is 17.6 Å². The number of nitro groups is 1. The van der Waals surface area contributed by atoms with Crippen molar-refractivity contribution >= 4 is 11.9 Å². The topological polar surface area (TPSA) is 97.0 Å². The molecule has 1 atom stereocenters. The molecule has 0 radical (unpaired) electrons. The van der Waals surface area contributed by atoms with Crippen LogP contribution >= 0.6 is 0 Å². The smallest absolute Gasteiger partial charge is 0.270 e. The Bertz CT molecular complexity index is 863. The maximum Gasteiger partial charge on any atom is 0.270 e. The van der Waals surface area contributed by atoms with Gasteiger partial charge in [-0.25, -0.2) is 0 Å². The quantitative estimate of drug-likeness (QED) is 0.451. The maximum atomic E-state index is 11.8. The summed E-state index contributed by atoms with van der Waals surface area (Å²) < 4.78 is 11.5. The molecule has 0 fully saturated rings. The number of nitro benzene ring substituents is 1. The van der Waals surface area contributed by atoms with Gasteiger partial charge in [0.2, 0.25) is 0 Å². The minimum atomic E-state index is -0.539. The maximum absolute atomic E-state index is 11.8. The number of nitrogens with zero attached hydrogens (tertiary/aromatic N) is 2. The van der Waals surface area contributed by atoms with Gasteiger partial charge in [-0.3, -0.25) is 15.1 Å². The summed E-state index contributed by atoms with van der Waals surface area (Å²) in [4.78, 5) is 14.6. The average molecular weight is 355 g/mol. The summed E-state index contributed by atoms with van der Waals surface area (Å²) in [5.41, 5.74) is 1.99. The van der Waals surface area contributed by atoms with E-state index in [1.165, 1.54) is 24.4 Å². The van der Waals surface area contributed by atoms with E-state index in [4.69, 9.17) is 9.47 Å². The van der Waals surface area contributed by atoms with Crippen LogP contribution in [0.15, 0.2) is 35.3 Å². The van der Waals surface area contributed by atoms with E-state index in [0.29, 0.717) is 6.61 Å². The van der Waals surface area contributed by atoms with Crippen LogP contribution in [0.5, 0.6) is 17.2 Å². The minimum absolute atomic E-state index is 0.131. The summed E-state index contributed by atoms with van der Waals surface area (Å²) in [6.07, 6.45) is 2.33. The number of rotatable bonds is 6. The molecule has 1 aliphatic rings. The molecule has 2 aromatic carbocycles. The van der Waals surface area contributed by atoms with Crippen LogP contribution in [0.1, 0.15) is 30.5 Å². The van der Waals surface area contributed by atoms with E-state index in [2.05, 4.69) is 4.99 Å². The second kappa shape index (κ2) is 7.43. The lowest BCUT2D eigenvalue weighted by atomic mass is 10.1. The molecule has 0 saturated carbocycles. The largest absolute Gasteiger partial charge is 0.872 e. The normalized spacial score (nSPS) is 15.7. The van der Waals surface area contributed by atoms with Crippen LogP contribution < -0.4 is 14.6 Å². The van der Waals surface area contributed by atoms with E-state index in [-0.39, 0.29) is 29.6 Å². The summed E-state index contributed by atoms with van der Waals surface area (Å²) in [5.74, 6) is 1.25. The van der Waals surface area contributed by atoms with Crippen LogP contribution in [0.4, 0.5) is 5.69 Å². The summed E-state index contributed by atoms with van der Waals surface area (Å²) in [6, 6.07) is 7.47. The molecule has 2 aromatic rings. The molecule has 7 heteroatoms. The Kier molecular flexibility index (Phi) is 5.06. The highest BCUT2D eigenvalue weighted by Crippen LogP contribution is 2.35. The fourth-order valence-corrected chi connectivity index (χ4v) is 2.89. The molecular formula is C19H19N2O5-. The summed E-state index contributed by atoms with van der Waals surface area (Å²) >= 11 is 0. The Balaban J connectivity index is 1.83. The van der Waals surface area contributed by atoms with Crippen molar-refractivity contribution in [3.63, 3.8) is 0 Å². The van der Waals surface area contributed by atoms with Crippen LogP contribution in [0.25, 0.3) is 0 Å². The predicted octanol–water partition coefficient (Wildman–Crippen LogP) is 3.01. The molecule has 7 nitrogen and oxygen atoms in total. The minimum Gasteiger partial charge on any atom is -0.872 e. The van der Waals surface area contributed by atoms with Crippen LogP contribution in [0, 0.1) is 10.1 Å². The van der Waals surface area contributed by atoms with Gasteiger partial charge >= 0.3 is 0 Å². The van der Waals surface area contributed by atoms with Crippen LogP contribution in [0.2, 0.25) is 0 Å². The van der Waals surface area contributed by atoms with Crippen molar-refractivity contribution in [2.45, 2.75) is 32.9 Å². The molecule has 0 spiro atoms. The number of hydrogen-bond donors (Lipinski definition) is 0. The lowest BCUT2D eigenvalue weighted by Gasteiger charge is -2.12. The third kappa shape index (κ3) is 3.77. The molecular weight excluding hydrogens is 336 g/mol. The Labute approximate surface area is 151 Å². The first-order valence-electron chi connectivity index (χ1n) is 8.38. The van der Waals surface area contributed by atoms with Gasteiger partial charge in [0, 0.05) is 35.9 Å². The molecule has 0 aliphatic carbocycles. The summed E-state index contributed by atoms with van der Waals surface area (Å²) in [6.45, 7) is 4.73. The number of non-ortho nitro benzene ring substituents is 1. The molecule has 26 heavy (non-hydrogen) atoms. The standard InChI is InChI=1S/C19H20N2O5/c1-3-25-18-8-13-6-12(2)26-19(13)9-15(18)11-20-10-14-7-16(21(23)24)4-5-17(14)22/h4-5,7-10,12,22H,3,6,11H2,1-2H3/p-1/t12-/m1/s1. The third-order valence-corrected chi connectivity index (χ3v) is 4.08. The van der Waals surface area contributed by atoms with Gasteiger partial charge in [0.15, 0.2) is 0 Å². The first-order chi connectivity index (χ1) is 12.5. The van der Waals surface area contributed by atoms with Gasteiger partial charge in [-0.05, 0) is 31.5 Å². The van der Waals surface area contributed by atoms with Crippen molar-refractivity contribution < 1.29 is 19.5 Å². The van der Waals surface area contributed by atoms with Crippen molar-refractivity contribution in [3.8, 4) is 17.2 Å². The zero-order chi connectivity index (χ0) is 18.7.